The van der Waals surface area contributed by atoms with E-state index in [0.717, 1.165) is 28.0 Å². The number of nitrogens with zero attached hydrogens (tertiary/aromatic N) is 2. The highest BCUT2D eigenvalue weighted by Crippen LogP contribution is 2.32. The van der Waals surface area contributed by atoms with Gasteiger partial charge in [0.25, 0.3) is 5.91 Å². The second-order valence-corrected chi connectivity index (χ2v) is 7.80. The number of thioether (sulfide) groups is 1. The third kappa shape index (κ3) is 4.52. The quantitative estimate of drug-likeness (QED) is 0.548. The van der Waals surface area contributed by atoms with Crippen molar-refractivity contribution in [3.8, 4) is 0 Å². The third-order valence-electron chi connectivity index (χ3n) is 4.16. The molecule has 0 aromatic heterocycles. The fourth-order valence-electron chi connectivity index (χ4n) is 2.81. The summed E-state index contributed by atoms with van der Waals surface area (Å²) < 4.78 is 6.09. The van der Waals surface area contributed by atoms with Crippen LogP contribution in [-0.4, -0.2) is 41.6 Å². The van der Waals surface area contributed by atoms with E-state index < -0.39 is 0 Å². The minimum Gasteiger partial charge on any atom is -0.466 e. The number of likely N-dealkylation sites (tertiary alicyclic amines) is 1. The molecule has 1 fully saturated rings. The number of amides is 1. The molecule has 132 valence electrons. The molecule has 0 radical (unpaired) electrons. The lowest BCUT2D eigenvalue weighted by atomic mass is 9.97. The standard InChI is InChI=1S/C18H19BrN2O3S/c1-2-24-17(23)13-7-9-21(10-8-13)18-20-16(22)15(25-18)11-12-3-5-14(19)6-4-12/h3-6,11,13H,2,7-10H2,1H3. The summed E-state index contributed by atoms with van der Waals surface area (Å²) in [4.78, 5) is 30.9. The predicted molar refractivity (Wildman–Crippen MR) is 103 cm³/mol. The molecule has 0 saturated carbocycles. The van der Waals surface area contributed by atoms with Gasteiger partial charge < -0.3 is 9.64 Å². The number of rotatable bonds is 3. The van der Waals surface area contributed by atoms with Gasteiger partial charge >= 0.3 is 5.97 Å². The zero-order chi connectivity index (χ0) is 17.8. The molecule has 3 rings (SSSR count). The van der Waals surface area contributed by atoms with Crippen molar-refractivity contribution in [1.29, 1.82) is 0 Å². The van der Waals surface area contributed by atoms with Crippen molar-refractivity contribution in [1.82, 2.24) is 4.90 Å². The van der Waals surface area contributed by atoms with E-state index in [4.69, 9.17) is 4.74 Å². The largest absolute Gasteiger partial charge is 0.466 e. The van der Waals surface area contributed by atoms with Crippen molar-refractivity contribution >= 4 is 50.8 Å². The molecule has 5 nitrogen and oxygen atoms in total. The number of piperidine rings is 1. The Morgan fingerprint density at radius 3 is 2.68 bits per heavy atom. The SMILES string of the molecule is CCOC(=O)C1CCN(C2=NC(=O)C(=Cc3ccc(Br)cc3)S2)CC1. The van der Waals surface area contributed by atoms with E-state index in [1.807, 2.05) is 37.3 Å². The van der Waals surface area contributed by atoms with Gasteiger partial charge in [-0.15, -0.1) is 0 Å². The van der Waals surface area contributed by atoms with Gasteiger partial charge in [-0.1, -0.05) is 28.1 Å². The number of esters is 1. The average molecular weight is 423 g/mol. The molecular formula is C18H19BrN2O3S. The molecule has 0 spiro atoms. The number of amidine groups is 1. The van der Waals surface area contributed by atoms with Gasteiger partial charge in [-0.05, 0) is 55.3 Å². The van der Waals surface area contributed by atoms with Gasteiger partial charge in [0, 0.05) is 17.6 Å². The monoisotopic (exact) mass is 422 g/mol. The van der Waals surface area contributed by atoms with E-state index in [1.165, 1.54) is 11.8 Å². The van der Waals surface area contributed by atoms with Crippen LogP contribution in [0.5, 0.6) is 0 Å². The molecule has 25 heavy (non-hydrogen) atoms. The number of benzene rings is 1. The average Bonchev–Trinajstić information content (AvgIpc) is 2.98. The Hall–Kier alpha value is -1.60. The molecular weight excluding hydrogens is 404 g/mol. The number of aliphatic imine (C=N–C) groups is 1. The van der Waals surface area contributed by atoms with Gasteiger partial charge in [-0.2, -0.15) is 4.99 Å². The lowest BCUT2D eigenvalue weighted by Gasteiger charge is -2.31. The van der Waals surface area contributed by atoms with Crippen molar-refractivity contribution in [3.63, 3.8) is 0 Å². The first-order chi connectivity index (χ1) is 12.1. The Morgan fingerprint density at radius 1 is 1.36 bits per heavy atom. The molecule has 7 heteroatoms. The summed E-state index contributed by atoms with van der Waals surface area (Å²) in [6, 6.07) is 7.79. The maximum atomic E-state index is 12.2. The molecule has 1 saturated heterocycles. The molecule has 0 aliphatic carbocycles. The van der Waals surface area contributed by atoms with E-state index in [9.17, 15) is 9.59 Å². The summed E-state index contributed by atoms with van der Waals surface area (Å²) in [5, 5.41) is 0.732. The fourth-order valence-corrected chi connectivity index (χ4v) is 4.04. The summed E-state index contributed by atoms with van der Waals surface area (Å²) in [5.74, 6) is -0.359. The van der Waals surface area contributed by atoms with Crippen molar-refractivity contribution in [2.24, 2.45) is 10.9 Å². The van der Waals surface area contributed by atoms with Crippen LogP contribution in [0.3, 0.4) is 0 Å². The molecule has 0 bridgehead atoms. The Kier molecular flexibility index (Phi) is 5.96. The normalized spacial score (nSPS) is 20.1. The van der Waals surface area contributed by atoms with Crippen LogP contribution in [0.15, 0.2) is 38.6 Å². The Morgan fingerprint density at radius 2 is 2.04 bits per heavy atom. The number of hydrogen-bond acceptors (Lipinski definition) is 5. The molecule has 2 aliphatic heterocycles. The van der Waals surface area contributed by atoms with Gasteiger partial charge in [-0.25, -0.2) is 0 Å². The second kappa shape index (κ2) is 8.19. The van der Waals surface area contributed by atoms with Gasteiger partial charge in [0.1, 0.15) is 0 Å². The van der Waals surface area contributed by atoms with E-state index in [2.05, 4.69) is 25.8 Å². The van der Waals surface area contributed by atoms with Gasteiger partial charge in [0.05, 0.1) is 17.4 Å². The van der Waals surface area contributed by atoms with Crippen LogP contribution in [0.4, 0.5) is 0 Å². The zero-order valence-electron chi connectivity index (χ0n) is 13.9. The van der Waals surface area contributed by atoms with Crippen LogP contribution in [0, 0.1) is 5.92 Å². The lowest BCUT2D eigenvalue weighted by molar-refractivity contribution is -0.149. The minimum atomic E-state index is -0.199. The Balaban J connectivity index is 1.60. The number of carbonyl (C=O) groups is 2. The first-order valence-electron chi connectivity index (χ1n) is 8.26. The third-order valence-corrected chi connectivity index (χ3v) is 5.74. The summed E-state index contributed by atoms with van der Waals surface area (Å²) >= 11 is 4.81. The molecule has 1 aromatic rings. The maximum Gasteiger partial charge on any atom is 0.309 e. The highest BCUT2D eigenvalue weighted by atomic mass is 79.9. The minimum absolute atomic E-state index is 0.0447. The first-order valence-corrected chi connectivity index (χ1v) is 9.87. The summed E-state index contributed by atoms with van der Waals surface area (Å²) in [6.07, 6.45) is 3.33. The summed E-state index contributed by atoms with van der Waals surface area (Å²) in [5.41, 5.74) is 0.969. The number of halogens is 1. The van der Waals surface area contributed by atoms with E-state index in [1.54, 1.807) is 0 Å². The zero-order valence-corrected chi connectivity index (χ0v) is 16.3. The summed E-state index contributed by atoms with van der Waals surface area (Å²) in [7, 11) is 0. The predicted octanol–water partition coefficient (Wildman–Crippen LogP) is 3.69. The van der Waals surface area contributed by atoms with Crippen LogP contribution in [0.2, 0.25) is 0 Å². The van der Waals surface area contributed by atoms with E-state index in [0.29, 0.717) is 24.6 Å². The van der Waals surface area contributed by atoms with E-state index in [-0.39, 0.29) is 17.8 Å². The van der Waals surface area contributed by atoms with Crippen molar-refractivity contribution in [2.75, 3.05) is 19.7 Å². The van der Waals surface area contributed by atoms with Crippen molar-refractivity contribution in [3.05, 3.63) is 39.2 Å². The Labute approximate surface area is 159 Å². The van der Waals surface area contributed by atoms with Crippen molar-refractivity contribution < 1.29 is 14.3 Å². The van der Waals surface area contributed by atoms with Gasteiger partial charge in [0.2, 0.25) is 0 Å². The molecule has 0 N–H and O–H groups in total. The number of ether oxygens (including phenoxy) is 1. The molecule has 2 heterocycles. The van der Waals surface area contributed by atoms with Crippen LogP contribution >= 0.6 is 27.7 Å². The lowest BCUT2D eigenvalue weighted by Crippen LogP contribution is -2.39. The van der Waals surface area contributed by atoms with Crippen LogP contribution in [0.25, 0.3) is 6.08 Å². The number of carbonyl (C=O) groups excluding carboxylic acids is 2. The smallest absolute Gasteiger partial charge is 0.309 e. The molecule has 2 aliphatic rings. The van der Waals surface area contributed by atoms with Gasteiger partial charge in [0.15, 0.2) is 5.17 Å². The maximum absolute atomic E-state index is 12.2. The highest BCUT2D eigenvalue weighted by Gasteiger charge is 2.31. The first kappa shape index (κ1) is 18.2. The van der Waals surface area contributed by atoms with Gasteiger partial charge in [-0.3, -0.25) is 9.59 Å². The summed E-state index contributed by atoms with van der Waals surface area (Å²) in [6.45, 7) is 3.67. The van der Waals surface area contributed by atoms with Crippen LogP contribution in [-0.2, 0) is 14.3 Å². The highest BCUT2D eigenvalue weighted by molar-refractivity contribution is 9.10. The van der Waals surface area contributed by atoms with E-state index >= 15 is 0 Å². The Bertz CT molecular complexity index is 722. The van der Waals surface area contributed by atoms with Crippen molar-refractivity contribution in [2.45, 2.75) is 19.8 Å². The number of hydrogen-bond donors (Lipinski definition) is 0. The molecule has 1 aromatic carbocycles. The molecule has 0 unspecified atom stereocenters. The topological polar surface area (TPSA) is 59.0 Å². The fraction of sp³-hybridized carbons (Fsp3) is 0.389. The second-order valence-electron chi connectivity index (χ2n) is 5.88. The van der Waals surface area contributed by atoms with Crippen LogP contribution < -0.4 is 0 Å². The molecule has 1 amide bonds. The molecule has 0 atom stereocenters. The van der Waals surface area contributed by atoms with Crippen LogP contribution in [0.1, 0.15) is 25.3 Å².